The van der Waals surface area contributed by atoms with Gasteiger partial charge >= 0.3 is 5.97 Å². The highest BCUT2D eigenvalue weighted by molar-refractivity contribution is 14.1. The zero-order valence-corrected chi connectivity index (χ0v) is 9.79. The van der Waals surface area contributed by atoms with Crippen molar-refractivity contribution in [2.75, 3.05) is 0 Å². The molecule has 1 aromatic heterocycles. The van der Waals surface area contributed by atoms with Crippen LogP contribution in [0.3, 0.4) is 0 Å². The molecule has 1 aromatic carbocycles. The number of aromatic carboxylic acids is 1. The van der Waals surface area contributed by atoms with Crippen LogP contribution >= 0.6 is 33.9 Å². The van der Waals surface area contributed by atoms with Gasteiger partial charge < -0.3 is 10.2 Å². The lowest BCUT2D eigenvalue weighted by atomic mass is 10.2. The molecule has 0 aliphatic rings. The van der Waals surface area contributed by atoms with Crippen molar-refractivity contribution in [1.82, 2.24) is 0 Å². The van der Waals surface area contributed by atoms with E-state index >= 15 is 0 Å². The van der Waals surface area contributed by atoms with Gasteiger partial charge in [0.25, 0.3) is 0 Å². The normalized spacial score (nSPS) is 10.6. The predicted octanol–water partition coefficient (Wildman–Crippen LogP) is 2.91. The number of halogens is 1. The summed E-state index contributed by atoms with van der Waals surface area (Å²) in [6.45, 7) is 0. The molecule has 0 radical (unpaired) electrons. The number of fused-ring (bicyclic) bond motifs is 1. The highest BCUT2D eigenvalue weighted by Gasteiger charge is 2.19. The Morgan fingerprint density at radius 2 is 2.14 bits per heavy atom. The number of hydrogen-bond acceptors (Lipinski definition) is 3. The summed E-state index contributed by atoms with van der Waals surface area (Å²) in [5, 5.41) is 18.9. The lowest BCUT2D eigenvalue weighted by molar-refractivity contribution is 0.0697. The van der Waals surface area contributed by atoms with Gasteiger partial charge in [-0.05, 0) is 34.7 Å². The first kappa shape index (κ1) is 9.72. The number of carboxylic acids is 1. The number of carboxylic acid groups (broad SMARTS) is 1. The van der Waals surface area contributed by atoms with Crippen molar-refractivity contribution < 1.29 is 15.0 Å². The topological polar surface area (TPSA) is 57.5 Å². The predicted molar refractivity (Wildman–Crippen MR) is 63.2 cm³/mol. The molecule has 0 atom stereocenters. The minimum atomic E-state index is -1.09. The van der Waals surface area contributed by atoms with Crippen molar-refractivity contribution in [2.45, 2.75) is 0 Å². The number of benzene rings is 1. The Kier molecular flexibility index (Phi) is 2.36. The van der Waals surface area contributed by atoms with Crippen molar-refractivity contribution in [1.29, 1.82) is 0 Å². The Balaban J connectivity index is 2.93. The van der Waals surface area contributed by atoms with E-state index in [9.17, 15) is 9.90 Å². The lowest BCUT2D eigenvalue weighted by Crippen LogP contribution is -1.95. The first-order chi connectivity index (χ1) is 6.61. The quantitative estimate of drug-likeness (QED) is 0.795. The molecule has 0 fully saturated rings. The fourth-order valence-corrected chi connectivity index (χ4v) is 3.20. The Morgan fingerprint density at radius 3 is 2.79 bits per heavy atom. The molecule has 0 unspecified atom stereocenters. The molecule has 2 aromatic rings. The highest BCUT2D eigenvalue weighted by Crippen LogP contribution is 2.38. The fraction of sp³-hybridized carbons (Fsp3) is 0. The maximum Gasteiger partial charge on any atom is 0.341 e. The average molecular weight is 320 g/mol. The summed E-state index contributed by atoms with van der Waals surface area (Å²) < 4.78 is 1.64. The van der Waals surface area contributed by atoms with Crippen LogP contribution in [0.1, 0.15) is 10.4 Å². The van der Waals surface area contributed by atoms with Gasteiger partial charge in [0, 0.05) is 13.7 Å². The zero-order valence-electron chi connectivity index (χ0n) is 6.82. The Labute approximate surface area is 97.1 Å². The molecular weight excluding hydrogens is 315 g/mol. The molecule has 1 heterocycles. The van der Waals surface area contributed by atoms with Gasteiger partial charge in [0.05, 0.1) is 0 Å². The van der Waals surface area contributed by atoms with Crippen LogP contribution in [-0.4, -0.2) is 16.2 Å². The Hall–Kier alpha value is -0.820. The van der Waals surface area contributed by atoms with Crippen molar-refractivity contribution in [2.24, 2.45) is 0 Å². The summed E-state index contributed by atoms with van der Waals surface area (Å²) in [5.74, 6) is -1.09. The second kappa shape index (κ2) is 3.39. The molecule has 0 aliphatic carbocycles. The summed E-state index contributed by atoms with van der Waals surface area (Å²) in [6.07, 6.45) is 0. The van der Waals surface area contributed by atoms with Crippen molar-refractivity contribution in [3.05, 3.63) is 27.3 Å². The molecule has 0 aliphatic heterocycles. The third kappa shape index (κ3) is 1.36. The molecular formula is C9H5IO3S. The van der Waals surface area contributed by atoms with Crippen LogP contribution in [0.25, 0.3) is 10.1 Å². The van der Waals surface area contributed by atoms with E-state index in [1.165, 1.54) is 0 Å². The Bertz CT molecular complexity index is 518. The zero-order chi connectivity index (χ0) is 10.3. The molecule has 0 amide bonds. The maximum atomic E-state index is 10.9. The van der Waals surface area contributed by atoms with E-state index in [0.29, 0.717) is 5.39 Å². The third-order valence-electron chi connectivity index (χ3n) is 1.86. The molecule has 72 valence electrons. The fourth-order valence-electron chi connectivity index (χ4n) is 1.29. The molecule has 0 saturated heterocycles. The summed E-state index contributed by atoms with van der Waals surface area (Å²) in [5.41, 5.74) is 0.00926. The summed E-state index contributed by atoms with van der Waals surface area (Å²) in [7, 11) is 0. The monoisotopic (exact) mass is 320 g/mol. The van der Waals surface area contributed by atoms with Crippen molar-refractivity contribution in [3.63, 3.8) is 0 Å². The van der Waals surface area contributed by atoms with Gasteiger partial charge in [0.2, 0.25) is 0 Å². The molecule has 0 saturated carbocycles. The SMILES string of the molecule is O=C(O)c1c(O)sc2cccc(I)c12. The van der Waals surface area contributed by atoms with Crippen molar-refractivity contribution in [3.8, 4) is 5.06 Å². The molecule has 0 spiro atoms. The van der Waals surface area contributed by atoms with E-state index in [-0.39, 0.29) is 10.6 Å². The van der Waals surface area contributed by atoms with Gasteiger partial charge in [-0.1, -0.05) is 17.4 Å². The maximum absolute atomic E-state index is 10.9. The van der Waals surface area contributed by atoms with Gasteiger partial charge in [-0.2, -0.15) is 0 Å². The van der Waals surface area contributed by atoms with Gasteiger partial charge in [-0.25, -0.2) is 4.79 Å². The second-order valence-corrected chi connectivity index (χ2v) is 4.89. The number of hydrogen-bond donors (Lipinski definition) is 2. The van der Waals surface area contributed by atoms with Crippen LogP contribution in [0.5, 0.6) is 5.06 Å². The van der Waals surface area contributed by atoms with E-state index in [1.54, 1.807) is 6.07 Å². The average Bonchev–Trinajstić information content (AvgIpc) is 2.42. The largest absolute Gasteiger partial charge is 0.499 e. The number of carbonyl (C=O) groups is 1. The molecule has 2 N–H and O–H groups in total. The van der Waals surface area contributed by atoms with E-state index < -0.39 is 5.97 Å². The van der Waals surface area contributed by atoms with Gasteiger partial charge in [-0.3, -0.25) is 0 Å². The van der Waals surface area contributed by atoms with Crippen LogP contribution < -0.4 is 0 Å². The number of rotatable bonds is 1. The molecule has 5 heteroatoms. The molecule has 14 heavy (non-hydrogen) atoms. The number of aromatic hydroxyl groups is 1. The van der Waals surface area contributed by atoms with Crippen LogP contribution in [0.2, 0.25) is 0 Å². The smallest absolute Gasteiger partial charge is 0.341 e. The molecule has 0 bridgehead atoms. The summed E-state index contributed by atoms with van der Waals surface area (Å²) in [4.78, 5) is 10.9. The molecule has 3 nitrogen and oxygen atoms in total. The first-order valence-electron chi connectivity index (χ1n) is 3.74. The van der Waals surface area contributed by atoms with E-state index in [2.05, 4.69) is 22.6 Å². The van der Waals surface area contributed by atoms with E-state index in [4.69, 9.17) is 5.11 Å². The minimum absolute atomic E-state index is 0.00926. The van der Waals surface area contributed by atoms with Crippen molar-refractivity contribution >= 4 is 50.0 Å². The van der Waals surface area contributed by atoms with Gasteiger partial charge in [-0.15, -0.1) is 0 Å². The third-order valence-corrected chi connectivity index (χ3v) is 3.72. The summed E-state index contributed by atoms with van der Waals surface area (Å²) in [6, 6.07) is 5.46. The van der Waals surface area contributed by atoms with E-state index in [0.717, 1.165) is 19.6 Å². The van der Waals surface area contributed by atoms with E-state index in [1.807, 2.05) is 12.1 Å². The highest BCUT2D eigenvalue weighted by atomic mass is 127. The first-order valence-corrected chi connectivity index (χ1v) is 5.64. The Morgan fingerprint density at radius 1 is 1.43 bits per heavy atom. The van der Waals surface area contributed by atoms with Crippen LogP contribution in [-0.2, 0) is 0 Å². The van der Waals surface area contributed by atoms with Gasteiger partial charge in [0.15, 0.2) is 5.06 Å². The van der Waals surface area contributed by atoms with Crippen LogP contribution in [0.4, 0.5) is 0 Å². The summed E-state index contributed by atoms with van der Waals surface area (Å²) >= 11 is 3.15. The number of thiophene rings is 1. The van der Waals surface area contributed by atoms with Crippen LogP contribution in [0.15, 0.2) is 18.2 Å². The second-order valence-electron chi connectivity index (χ2n) is 2.70. The minimum Gasteiger partial charge on any atom is -0.499 e. The van der Waals surface area contributed by atoms with Gasteiger partial charge in [0.1, 0.15) is 5.56 Å². The lowest BCUT2D eigenvalue weighted by Gasteiger charge is -1.95. The standard InChI is InChI=1S/C9H5IO3S/c10-4-2-1-3-5-6(4)7(8(11)12)9(13)14-5/h1-3,13H,(H,11,12). The molecule has 2 rings (SSSR count). The van der Waals surface area contributed by atoms with Crippen LogP contribution in [0, 0.1) is 3.57 Å².